The molecular formula is C55H34N4. The molecule has 1 aliphatic carbocycles. The van der Waals surface area contributed by atoms with Gasteiger partial charge >= 0.3 is 0 Å². The quantitative estimate of drug-likeness (QED) is 0.159. The third-order valence-electron chi connectivity index (χ3n) is 11.8. The van der Waals surface area contributed by atoms with Gasteiger partial charge in [-0.15, -0.1) is 0 Å². The highest BCUT2D eigenvalue weighted by molar-refractivity contribution is 5.91. The lowest BCUT2D eigenvalue weighted by atomic mass is 9.67. The first-order valence-electron chi connectivity index (χ1n) is 19.8. The molecule has 0 saturated heterocycles. The first-order valence-corrected chi connectivity index (χ1v) is 19.8. The van der Waals surface area contributed by atoms with Gasteiger partial charge in [-0.25, -0.2) is 19.8 Å². The Labute approximate surface area is 342 Å². The van der Waals surface area contributed by atoms with Crippen molar-refractivity contribution in [2.75, 3.05) is 0 Å². The number of benzene rings is 9. The van der Waals surface area contributed by atoms with Crippen molar-refractivity contribution in [3.05, 3.63) is 240 Å². The van der Waals surface area contributed by atoms with Gasteiger partial charge < -0.3 is 0 Å². The fourth-order valence-corrected chi connectivity index (χ4v) is 8.96. The number of hydrogen-bond donors (Lipinski definition) is 0. The topological polar surface area (TPSA) is 43.0 Å². The number of nitrogens with zero attached hydrogens (tertiary/aromatic N) is 4. The van der Waals surface area contributed by atoms with E-state index in [0.717, 1.165) is 49.7 Å². The van der Waals surface area contributed by atoms with Gasteiger partial charge in [-0.3, -0.25) is 0 Å². The van der Waals surface area contributed by atoms with Gasteiger partial charge in [0, 0.05) is 16.7 Å². The van der Waals surface area contributed by atoms with Crippen molar-refractivity contribution in [1.29, 1.82) is 0 Å². The molecule has 11 rings (SSSR count). The SMILES string of the molecule is [C-]#[N+]c1ccc2c(c1)C(c1ccccc1)(c1ccccc1)c1ccc(-c3ccc(-c4nc(-c5ccc6ccccc6c5)nc(-c5ccc6ccccc6c5)n4)cc3)cc1-2. The Hall–Kier alpha value is -8.00. The molecule has 274 valence electrons. The van der Waals surface area contributed by atoms with Gasteiger partial charge in [0.1, 0.15) is 0 Å². The summed E-state index contributed by atoms with van der Waals surface area (Å²) >= 11 is 0. The van der Waals surface area contributed by atoms with E-state index in [1.807, 2.05) is 6.07 Å². The van der Waals surface area contributed by atoms with Crippen LogP contribution in [0.15, 0.2) is 206 Å². The van der Waals surface area contributed by atoms with Gasteiger partial charge in [-0.05, 0) is 84.3 Å². The predicted molar refractivity (Wildman–Crippen MR) is 240 cm³/mol. The minimum Gasteiger partial charge on any atom is -0.238 e. The van der Waals surface area contributed by atoms with Crippen molar-refractivity contribution < 1.29 is 0 Å². The Bertz CT molecular complexity index is 3140. The summed E-state index contributed by atoms with van der Waals surface area (Å²) in [4.78, 5) is 19.1. The van der Waals surface area contributed by atoms with Crippen molar-refractivity contribution in [2.24, 2.45) is 0 Å². The lowest BCUT2D eigenvalue weighted by Crippen LogP contribution is -2.28. The standard InChI is InChI=1S/C55H34N4/c1-56-47-29-30-48-49-34-42(28-31-50(49)55(51(48)35-47,45-16-4-2-5-17-45)46-18-6-3-7-19-46)38-20-24-39(25-21-38)52-57-53(43-26-22-36-12-8-10-14-40(36)32-43)59-54(58-52)44-27-23-37-13-9-11-15-41(37)33-44/h2-35H. The van der Waals surface area contributed by atoms with Crippen LogP contribution in [0, 0.1) is 6.57 Å². The van der Waals surface area contributed by atoms with Crippen LogP contribution >= 0.6 is 0 Å². The molecule has 0 N–H and O–H groups in total. The van der Waals surface area contributed by atoms with E-state index < -0.39 is 5.41 Å². The van der Waals surface area contributed by atoms with Gasteiger partial charge in [0.15, 0.2) is 23.2 Å². The maximum absolute atomic E-state index is 7.91. The molecule has 1 aromatic heterocycles. The monoisotopic (exact) mass is 750 g/mol. The molecular weight excluding hydrogens is 717 g/mol. The zero-order valence-electron chi connectivity index (χ0n) is 31.9. The summed E-state index contributed by atoms with van der Waals surface area (Å²) in [5.41, 5.74) is 12.1. The van der Waals surface area contributed by atoms with Crippen LogP contribution in [0.4, 0.5) is 5.69 Å². The molecule has 0 fully saturated rings. The molecule has 0 amide bonds. The number of fused-ring (bicyclic) bond motifs is 5. The fraction of sp³-hybridized carbons (Fsp3) is 0.0182. The van der Waals surface area contributed by atoms with Crippen molar-refractivity contribution >= 4 is 27.2 Å². The highest BCUT2D eigenvalue weighted by Crippen LogP contribution is 2.57. The third kappa shape index (κ3) is 5.71. The van der Waals surface area contributed by atoms with E-state index in [0.29, 0.717) is 23.2 Å². The second-order valence-electron chi connectivity index (χ2n) is 15.1. The van der Waals surface area contributed by atoms with E-state index >= 15 is 0 Å². The molecule has 1 aliphatic rings. The number of hydrogen-bond acceptors (Lipinski definition) is 3. The molecule has 4 nitrogen and oxygen atoms in total. The van der Waals surface area contributed by atoms with Crippen LogP contribution in [-0.4, -0.2) is 15.0 Å². The molecule has 0 spiro atoms. The van der Waals surface area contributed by atoms with E-state index in [1.165, 1.54) is 33.0 Å². The molecule has 0 bridgehead atoms. The van der Waals surface area contributed by atoms with E-state index in [2.05, 4.69) is 205 Å². The van der Waals surface area contributed by atoms with Gasteiger partial charge in [0.25, 0.3) is 0 Å². The zero-order valence-corrected chi connectivity index (χ0v) is 31.9. The van der Waals surface area contributed by atoms with Crippen molar-refractivity contribution in [2.45, 2.75) is 5.41 Å². The molecule has 1 heterocycles. The van der Waals surface area contributed by atoms with E-state index in [9.17, 15) is 0 Å². The molecule has 0 saturated carbocycles. The normalized spacial score (nSPS) is 12.5. The van der Waals surface area contributed by atoms with Gasteiger partial charge in [-0.1, -0.05) is 188 Å². The van der Waals surface area contributed by atoms with Crippen LogP contribution in [0.3, 0.4) is 0 Å². The Balaban J connectivity index is 1.03. The lowest BCUT2D eigenvalue weighted by Gasteiger charge is -2.34. The largest absolute Gasteiger partial charge is 0.238 e. The predicted octanol–water partition coefficient (Wildman–Crippen LogP) is 13.8. The van der Waals surface area contributed by atoms with E-state index in [4.69, 9.17) is 21.5 Å². The molecule has 59 heavy (non-hydrogen) atoms. The van der Waals surface area contributed by atoms with Crippen molar-refractivity contribution in [1.82, 2.24) is 15.0 Å². The first-order chi connectivity index (χ1) is 29.2. The summed E-state index contributed by atoms with van der Waals surface area (Å²) in [5, 5.41) is 4.61. The maximum Gasteiger partial charge on any atom is 0.187 e. The Kier molecular flexibility index (Phi) is 8.06. The summed E-state index contributed by atoms with van der Waals surface area (Å²) in [6.45, 7) is 7.91. The summed E-state index contributed by atoms with van der Waals surface area (Å²) in [6.07, 6.45) is 0. The van der Waals surface area contributed by atoms with Crippen LogP contribution in [0.5, 0.6) is 0 Å². The van der Waals surface area contributed by atoms with Gasteiger partial charge in [0.2, 0.25) is 0 Å². The average Bonchev–Trinajstić information content (AvgIpc) is 3.61. The van der Waals surface area contributed by atoms with E-state index in [-0.39, 0.29) is 0 Å². The third-order valence-corrected chi connectivity index (χ3v) is 11.8. The highest BCUT2D eigenvalue weighted by atomic mass is 15.0. The molecule has 4 heteroatoms. The second kappa shape index (κ2) is 13.9. The molecule has 0 atom stereocenters. The Morgan fingerprint density at radius 2 is 0.814 bits per heavy atom. The molecule has 0 aliphatic heterocycles. The van der Waals surface area contributed by atoms with Crippen LogP contribution in [0.25, 0.3) is 82.8 Å². The van der Waals surface area contributed by atoms with Crippen LogP contribution in [0.2, 0.25) is 0 Å². The number of rotatable bonds is 6. The van der Waals surface area contributed by atoms with Gasteiger partial charge in [0.05, 0.1) is 12.0 Å². The lowest BCUT2D eigenvalue weighted by molar-refractivity contribution is 0.769. The molecule has 0 radical (unpaired) electrons. The van der Waals surface area contributed by atoms with Crippen LogP contribution in [-0.2, 0) is 5.41 Å². The van der Waals surface area contributed by atoms with Crippen LogP contribution in [0.1, 0.15) is 22.3 Å². The summed E-state index contributed by atoms with van der Waals surface area (Å²) in [6, 6.07) is 72.4. The Morgan fingerprint density at radius 3 is 1.37 bits per heavy atom. The fourth-order valence-electron chi connectivity index (χ4n) is 8.96. The van der Waals surface area contributed by atoms with Crippen LogP contribution < -0.4 is 0 Å². The van der Waals surface area contributed by atoms with Gasteiger partial charge in [-0.2, -0.15) is 0 Å². The maximum atomic E-state index is 7.91. The minimum atomic E-state index is -0.569. The first kappa shape index (κ1) is 34.3. The summed E-state index contributed by atoms with van der Waals surface area (Å²) in [7, 11) is 0. The average molecular weight is 751 g/mol. The van der Waals surface area contributed by atoms with Crippen molar-refractivity contribution in [3.8, 4) is 56.4 Å². The van der Waals surface area contributed by atoms with E-state index in [1.54, 1.807) is 0 Å². The van der Waals surface area contributed by atoms with Crippen molar-refractivity contribution in [3.63, 3.8) is 0 Å². The summed E-state index contributed by atoms with van der Waals surface area (Å²) < 4.78 is 0. The summed E-state index contributed by atoms with van der Waals surface area (Å²) in [5.74, 6) is 1.88. The Morgan fingerprint density at radius 1 is 0.339 bits per heavy atom. The molecule has 9 aromatic carbocycles. The zero-order chi connectivity index (χ0) is 39.3. The highest BCUT2D eigenvalue weighted by Gasteiger charge is 2.46. The second-order valence-corrected chi connectivity index (χ2v) is 15.1. The molecule has 10 aromatic rings. The molecule has 0 unspecified atom stereocenters. The minimum absolute atomic E-state index is 0.569. The smallest absolute Gasteiger partial charge is 0.187 e. The number of aromatic nitrogens is 3.